The molecule has 0 amide bonds. The Morgan fingerprint density at radius 2 is 0.818 bits per heavy atom. The van der Waals surface area contributed by atoms with Crippen molar-refractivity contribution < 1.29 is 25.9 Å². The van der Waals surface area contributed by atoms with Gasteiger partial charge in [-0.2, -0.15) is 0 Å². The minimum absolute atomic E-state index is 0. The van der Waals surface area contributed by atoms with Gasteiger partial charge in [-0.1, -0.05) is 0 Å². The van der Waals surface area contributed by atoms with Crippen molar-refractivity contribution in [1.82, 2.24) is 0 Å². The van der Waals surface area contributed by atoms with Crippen LogP contribution in [0.5, 0.6) is 0 Å². The fraction of sp³-hybridized carbons (Fsp3) is 0. The Labute approximate surface area is 94.0 Å². The molecule has 0 heterocycles. The quantitative estimate of drug-likeness (QED) is 0.181. The Morgan fingerprint density at radius 1 is 0.818 bits per heavy atom. The summed E-state index contributed by atoms with van der Waals surface area (Å²) in [6.45, 7) is 0. The smallest absolute Gasteiger partial charge is 0.768 e. The Morgan fingerprint density at radius 3 is 0.818 bits per heavy atom. The molecule has 64 valence electrons. The summed E-state index contributed by atoms with van der Waals surface area (Å²) < 4.78 is 53.3. The van der Waals surface area contributed by atoms with Crippen LogP contribution in [0, 0.1) is 0 Å². The Bertz CT molecular complexity index is 211. The molecule has 0 aliphatic carbocycles. The third kappa shape index (κ3) is 491. The molecule has 11 heteroatoms. The fourth-order valence-electron chi connectivity index (χ4n) is 0. The predicted octanol–water partition coefficient (Wildman–Crippen LogP) is -2.39. The van der Waals surface area contributed by atoms with Gasteiger partial charge in [-0.05, 0) is 18.3 Å². The van der Waals surface area contributed by atoms with Crippen LogP contribution < -0.4 is 0 Å². The maximum atomic E-state index is 8.89. The van der Waals surface area contributed by atoms with Gasteiger partial charge in [0.05, 0.1) is 0 Å². The van der Waals surface area contributed by atoms with E-state index in [9.17, 15) is 0 Å². The van der Waals surface area contributed by atoms with Crippen molar-refractivity contribution in [2.75, 3.05) is 0 Å². The van der Waals surface area contributed by atoms with Crippen molar-refractivity contribution in [2.24, 2.45) is 0 Å². The third-order valence-corrected chi connectivity index (χ3v) is 0. The van der Waals surface area contributed by atoms with Crippen LogP contribution in [0.3, 0.4) is 0 Å². The van der Waals surface area contributed by atoms with E-state index in [4.69, 9.17) is 25.9 Å². The van der Waals surface area contributed by atoms with Crippen molar-refractivity contribution >= 4 is 68.9 Å². The molecular formula is O6PbS4. The van der Waals surface area contributed by atoms with Gasteiger partial charge in [-0.25, -0.2) is 0 Å². The summed E-state index contributed by atoms with van der Waals surface area (Å²) in [6, 6.07) is 0. The predicted molar refractivity (Wildman–Crippen MR) is 39.9 cm³/mol. The van der Waals surface area contributed by atoms with Crippen LogP contribution in [0.2, 0.25) is 0 Å². The minimum atomic E-state index is -4.33. The minimum Gasteiger partial charge on any atom is -0.768 e. The normalized spacial score (nSPS) is 10.5. The van der Waals surface area contributed by atoms with Crippen LogP contribution in [-0.2, 0) is 41.6 Å². The monoisotopic (exact) mass is 432 g/mol. The molecule has 0 rings (SSSR count). The zero-order valence-electron chi connectivity index (χ0n) is 4.58. The van der Waals surface area contributed by atoms with Crippen molar-refractivity contribution in [2.45, 2.75) is 0 Å². The molecule has 0 unspecified atom stereocenters. The fourth-order valence-corrected chi connectivity index (χ4v) is 0. The molecule has 0 saturated heterocycles. The molecule has 6 nitrogen and oxygen atoms in total. The van der Waals surface area contributed by atoms with Gasteiger partial charge in [0.2, 0.25) is 0 Å². The van der Waals surface area contributed by atoms with Gasteiger partial charge in [0.15, 0.2) is 0 Å². The molecule has 0 radical (unpaired) electrons. The molecule has 0 fully saturated rings. The van der Waals surface area contributed by atoms with Gasteiger partial charge in [0, 0.05) is 0 Å². The van der Waals surface area contributed by atoms with E-state index in [0.29, 0.717) is 0 Å². The van der Waals surface area contributed by atoms with Crippen LogP contribution >= 0.6 is 0 Å². The maximum absolute atomic E-state index is 8.89. The van der Waals surface area contributed by atoms with Crippen LogP contribution in [0.1, 0.15) is 0 Å². The first-order valence-corrected chi connectivity index (χ1v) is 6.00. The molecule has 0 aromatic carbocycles. The number of hydrogen-bond donors (Lipinski definition) is 0. The summed E-state index contributed by atoms with van der Waals surface area (Å²) in [7, 11) is -8.67. The topological polar surface area (TPSA) is 114 Å². The van der Waals surface area contributed by atoms with E-state index in [0.717, 1.165) is 0 Å². The van der Waals surface area contributed by atoms with Gasteiger partial charge in [0.1, 0.15) is 0 Å². The van der Waals surface area contributed by atoms with Crippen molar-refractivity contribution in [1.29, 1.82) is 0 Å². The zero-order valence-corrected chi connectivity index (χ0v) is 11.7. The van der Waals surface area contributed by atoms with E-state index in [1.54, 1.807) is 0 Å². The Balaban J connectivity index is -0.000000107. The van der Waals surface area contributed by atoms with Gasteiger partial charge in [-0.3, -0.25) is 16.8 Å². The number of hydrogen-bond acceptors (Lipinski definition) is 8. The third-order valence-electron chi connectivity index (χ3n) is 0. The number of rotatable bonds is 0. The van der Waals surface area contributed by atoms with Crippen molar-refractivity contribution in [3.05, 3.63) is 0 Å². The first kappa shape index (κ1) is 18.3. The molecule has 0 aliphatic heterocycles. The molecule has 0 spiro atoms. The molecule has 0 atom stereocenters. The Hall–Kier alpha value is 1.44. The summed E-state index contributed by atoms with van der Waals surface area (Å²) in [5.74, 6) is 0. The van der Waals surface area contributed by atoms with E-state index in [1.165, 1.54) is 0 Å². The van der Waals surface area contributed by atoms with Crippen LogP contribution in [-0.4, -0.2) is 53.2 Å². The van der Waals surface area contributed by atoms with E-state index in [-0.39, 0.29) is 27.3 Å². The molecular weight excluding hydrogens is 431 g/mol. The first-order chi connectivity index (χ1) is 4.00. The van der Waals surface area contributed by atoms with Crippen molar-refractivity contribution in [3.8, 4) is 0 Å². The van der Waals surface area contributed by atoms with E-state index >= 15 is 0 Å². The average Bonchev–Trinajstić information content (AvgIpc) is 1.12. The second-order valence-corrected chi connectivity index (χ2v) is 4.90. The second-order valence-electron chi connectivity index (χ2n) is 0.816. The molecule has 0 aromatic heterocycles. The zero-order chi connectivity index (χ0) is 9.00. The summed E-state index contributed by atoms with van der Waals surface area (Å²) in [6.07, 6.45) is 0. The molecule has 0 aromatic rings. The standard InChI is InChI=1S/2H2O3S2.Pb/c2*1-5(2,3)4;/h2*(H2,1,2,3,4);/q;;+4/p-4. The summed E-state index contributed by atoms with van der Waals surface area (Å²) in [5, 5.41) is 0. The van der Waals surface area contributed by atoms with Gasteiger partial charge < -0.3 is 32.4 Å². The van der Waals surface area contributed by atoms with E-state index < -0.39 is 18.3 Å². The van der Waals surface area contributed by atoms with Crippen molar-refractivity contribution in [3.63, 3.8) is 0 Å². The molecule has 0 aliphatic rings. The van der Waals surface area contributed by atoms with E-state index in [1.807, 2.05) is 0 Å². The summed E-state index contributed by atoms with van der Waals surface area (Å²) in [4.78, 5) is 0. The largest absolute Gasteiger partial charge is 4.00 e. The van der Waals surface area contributed by atoms with Crippen LogP contribution in [0.15, 0.2) is 0 Å². The molecule has 0 saturated carbocycles. The first-order valence-electron chi connectivity index (χ1n) is 1.33. The van der Waals surface area contributed by atoms with E-state index in [2.05, 4.69) is 23.3 Å². The second kappa shape index (κ2) is 6.90. The summed E-state index contributed by atoms with van der Waals surface area (Å²) >= 11 is 6.49. The Kier molecular flexibility index (Phi) is 11.5. The average molecular weight is 431 g/mol. The molecule has 0 N–H and O–H groups in total. The van der Waals surface area contributed by atoms with Crippen LogP contribution in [0.4, 0.5) is 0 Å². The maximum Gasteiger partial charge on any atom is 4.00 e. The van der Waals surface area contributed by atoms with Gasteiger partial charge >= 0.3 is 27.3 Å². The van der Waals surface area contributed by atoms with Crippen LogP contribution in [0.25, 0.3) is 0 Å². The SMILES string of the molecule is O=S(=O)([O-])[S-].O=S(=O)([O-])[S-].[Pb+4]. The molecule has 11 heavy (non-hydrogen) atoms. The summed E-state index contributed by atoms with van der Waals surface area (Å²) in [5.41, 5.74) is 0. The molecule has 0 bridgehead atoms. The van der Waals surface area contributed by atoms with Gasteiger partial charge in [-0.15, -0.1) is 0 Å². The van der Waals surface area contributed by atoms with Gasteiger partial charge in [0.25, 0.3) is 0 Å².